The average Bonchev–Trinajstić information content (AvgIpc) is 2.58. The molecule has 5 heteroatoms. The molecule has 0 atom stereocenters. The van der Waals surface area contributed by atoms with Gasteiger partial charge < -0.3 is 15.3 Å². The molecule has 0 bridgehead atoms. The van der Waals surface area contributed by atoms with E-state index >= 15 is 0 Å². The van der Waals surface area contributed by atoms with Crippen molar-refractivity contribution in [2.24, 2.45) is 0 Å². The summed E-state index contributed by atoms with van der Waals surface area (Å²) in [6.07, 6.45) is 1.31. The molecule has 1 amide bonds. The van der Waals surface area contributed by atoms with Crippen molar-refractivity contribution in [2.45, 2.75) is 25.9 Å². The SMILES string of the molecule is Cc1ccc(NC(=O)c2ccc(N3CCC(O)CC3)cc2)c(F)c1. The quantitative estimate of drug-likeness (QED) is 0.908. The molecule has 0 saturated carbocycles. The number of rotatable bonds is 3. The van der Waals surface area contributed by atoms with E-state index in [1.807, 2.05) is 12.1 Å². The van der Waals surface area contributed by atoms with Gasteiger partial charge in [-0.05, 0) is 61.7 Å². The predicted octanol–water partition coefficient (Wildman–Crippen LogP) is 3.35. The van der Waals surface area contributed by atoms with Gasteiger partial charge >= 0.3 is 0 Å². The molecule has 0 aliphatic carbocycles. The number of carbonyl (C=O) groups is 1. The van der Waals surface area contributed by atoms with Gasteiger partial charge in [-0.15, -0.1) is 0 Å². The molecule has 24 heavy (non-hydrogen) atoms. The van der Waals surface area contributed by atoms with Crippen molar-refractivity contribution < 1.29 is 14.3 Å². The zero-order chi connectivity index (χ0) is 17.1. The topological polar surface area (TPSA) is 52.6 Å². The van der Waals surface area contributed by atoms with E-state index in [0.29, 0.717) is 5.56 Å². The number of carbonyl (C=O) groups excluding carboxylic acids is 1. The molecule has 1 saturated heterocycles. The minimum absolute atomic E-state index is 0.180. The van der Waals surface area contributed by atoms with Crippen LogP contribution in [0.4, 0.5) is 15.8 Å². The van der Waals surface area contributed by atoms with Crippen LogP contribution in [0.15, 0.2) is 42.5 Å². The van der Waals surface area contributed by atoms with Gasteiger partial charge in [0.1, 0.15) is 5.82 Å². The first-order valence-corrected chi connectivity index (χ1v) is 8.13. The molecule has 1 aliphatic rings. The number of anilines is 2. The number of aliphatic hydroxyl groups excluding tert-OH is 1. The Bertz CT molecular complexity index is 723. The fourth-order valence-electron chi connectivity index (χ4n) is 2.86. The molecular formula is C19H21FN2O2. The second-order valence-corrected chi connectivity index (χ2v) is 6.20. The maximum Gasteiger partial charge on any atom is 0.255 e. The summed E-state index contributed by atoms with van der Waals surface area (Å²) in [4.78, 5) is 14.4. The van der Waals surface area contributed by atoms with Crippen molar-refractivity contribution >= 4 is 17.3 Å². The van der Waals surface area contributed by atoms with Gasteiger partial charge in [0.15, 0.2) is 0 Å². The summed E-state index contributed by atoms with van der Waals surface area (Å²) < 4.78 is 13.8. The highest BCUT2D eigenvalue weighted by molar-refractivity contribution is 6.04. The molecular weight excluding hydrogens is 307 g/mol. The van der Waals surface area contributed by atoms with E-state index in [0.717, 1.165) is 37.2 Å². The zero-order valence-corrected chi connectivity index (χ0v) is 13.6. The minimum atomic E-state index is -0.438. The van der Waals surface area contributed by atoms with Crippen molar-refractivity contribution in [1.29, 1.82) is 0 Å². The Morgan fingerprint density at radius 2 is 1.83 bits per heavy atom. The van der Waals surface area contributed by atoms with Gasteiger partial charge in [0, 0.05) is 24.3 Å². The Morgan fingerprint density at radius 3 is 2.46 bits per heavy atom. The lowest BCUT2D eigenvalue weighted by molar-refractivity contribution is 0.102. The van der Waals surface area contributed by atoms with Gasteiger partial charge in [0.2, 0.25) is 0 Å². The lowest BCUT2D eigenvalue weighted by Crippen LogP contribution is -2.35. The maximum atomic E-state index is 13.8. The Balaban J connectivity index is 1.67. The predicted molar refractivity (Wildman–Crippen MR) is 93.0 cm³/mol. The maximum absolute atomic E-state index is 13.8. The highest BCUT2D eigenvalue weighted by Crippen LogP contribution is 2.21. The van der Waals surface area contributed by atoms with Crippen molar-refractivity contribution in [3.63, 3.8) is 0 Å². The van der Waals surface area contributed by atoms with Gasteiger partial charge in [-0.3, -0.25) is 4.79 Å². The van der Waals surface area contributed by atoms with Crippen LogP contribution < -0.4 is 10.2 Å². The van der Waals surface area contributed by atoms with Gasteiger partial charge in [0.25, 0.3) is 5.91 Å². The number of benzene rings is 2. The van der Waals surface area contributed by atoms with Gasteiger partial charge in [-0.2, -0.15) is 0 Å². The summed E-state index contributed by atoms with van der Waals surface area (Å²) in [6.45, 7) is 3.41. The van der Waals surface area contributed by atoms with Crippen molar-refractivity contribution in [3.05, 3.63) is 59.4 Å². The number of hydrogen-bond donors (Lipinski definition) is 2. The van der Waals surface area contributed by atoms with E-state index in [1.165, 1.54) is 6.07 Å². The lowest BCUT2D eigenvalue weighted by Gasteiger charge is -2.31. The van der Waals surface area contributed by atoms with E-state index in [-0.39, 0.29) is 17.7 Å². The fourth-order valence-corrected chi connectivity index (χ4v) is 2.86. The summed E-state index contributed by atoms with van der Waals surface area (Å²) in [7, 11) is 0. The van der Waals surface area contributed by atoms with Crippen molar-refractivity contribution in [2.75, 3.05) is 23.3 Å². The normalized spacial score (nSPS) is 15.4. The number of nitrogens with zero attached hydrogens (tertiary/aromatic N) is 1. The van der Waals surface area contributed by atoms with Crippen LogP contribution in [0.5, 0.6) is 0 Å². The summed E-state index contributed by atoms with van der Waals surface area (Å²) in [5, 5.41) is 12.2. The van der Waals surface area contributed by atoms with E-state index in [9.17, 15) is 14.3 Å². The summed E-state index contributed by atoms with van der Waals surface area (Å²) in [5.41, 5.74) is 2.50. The van der Waals surface area contributed by atoms with Crippen LogP contribution in [0.1, 0.15) is 28.8 Å². The van der Waals surface area contributed by atoms with Gasteiger partial charge in [-0.25, -0.2) is 4.39 Å². The molecule has 4 nitrogen and oxygen atoms in total. The van der Waals surface area contributed by atoms with Gasteiger partial charge in [-0.1, -0.05) is 6.07 Å². The largest absolute Gasteiger partial charge is 0.393 e. The summed E-state index contributed by atoms with van der Waals surface area (Å²) in [6, 6.07) is 12.0. The average molecular weight is 328 g/mol. The summed E-state index contributed by atoms with van der Waals surface area (Å²) in [5.74, 6) is -0.773. The van der Waals surface area contributed by atoms with E-state index in [2.05, 4.69) is 10.2 Å². The third kappa shape index (κ3) is 3.74. The van der Waals surface area contributed by atoms with Crippen molar-refractivity contribution in [3.8, 4) is 0 Å². The van der Waals surface area contributed by atoms with Crippen LogP contribution >= 0.6 is 0 Å². The highest BCUT2D eigenvalue weighted by atomic mass is 19.1. The monoisotopic (exact) mass is 328 g/mol. The van der Waals surface area contributed by atoms with Crippen LogP contribution in [0, 0.1) is 12.7 Å². The zero-order valence-electron chi connectivity index (χ0n) is 13.6. The molecule has 3 rings (SSSR count). The number of piperidine rings is 1. The Hall–Kier alpha value is -2.40. The smallest absolute Gasteiger partial charge is 0.255 e. The van der Waals surface area contributed by atoms with Crippen LogP contribution in [-0.4, -0.2) is 30.2 Å². The molecule has 126 valence electrons. The van der Waals surface area contributed by atoms with Crippen LogP contribution in [0.2, 0.25) is 0 Å². The molecule has 0 radical (unpaired) electrons. The molecule has 1 fully saturated rings. The lowest BCUT2D eigenvalue weighted by atomic mass is 10.1. The third-order valence-corrected chi connectivity index (χ3v) is 4.33. The Morgan fingerprint density at radius 1 is 1.17 bits per heavy atom. The molecule has 1 heterocycles. The minimum Gasteiger partial charge on any atom is -0.393 e. The first kappa shape index (κ1) is 16.5. The van der Waals surface area contributed by atoms with Crippen LogP contribution in [-0.2, 0) is 0 Å². The number of aliphatic hydroxyl groups is 1. The molecule has 2 aromatic rings. The molecule has 0 unspecified atom stereocenters. The van der Waals surface area contributed by atoms with Gasteiger partial charge in [0.05, 0.1) is 11.8 Å². The Kier molecular flexibility index (Phi) is 4.81. The van der Waals surface area contributed by atoms with E-state index < -0.39 is 5.82 Å². The van der Waals surface area contributed by atoms with Crippen LogP contribution in [0.3, 0.4) is 0 Å². The highest BCUT2D eigenvalue weighted by Gasteiger charge is 2.17. The molecule has 0 spiro atoms. The molecule has 0 aromatic heterocycles. The first-order chi connectivity index (χ1) is 11.5. The number of hydrogen-bond acceptors (Lipinski definition) is 3. The van der Waals surface area contributed by atoms with Crippen LogP contribution in [0.25, 0.3) is 0 Å². The number of amides is 1. The second kappa shape index (κ2) is 7.01. The number of aryl methyl sites for hydroxylation is 1. The molecule has 2 aromatic carbocycles. The summed E-state index contributed by atoms with van der Waals surface area (Å²) >= 11 is 0. The van der Waals surface area contributed by atoms with E-state index in [4.69, 9.17) is 0 Å². The number of nitrogens with one attached hydrogen (secondary N) is 1. The second-order valence-electron chi connectivity index (χ2n) is 6.20. The van der Waals surface area contributed by atoms with Crippen molar-refractivity contribution in [1.82, 2.24) is 0 Å². The third-order valence-electron chi connectivity index (χ3n) is 4.33. The number of halogens is 1. The molecule has 1 aliphatic heterocycles. The standard InChI is InChI=1S/C19H21FN2O2/c1-13-2-7-18(17(20)12-13)21-19(24)14-3-5-15(6-4-14)22-10-8-16(23)9-11-22/h2-7,12,16,23H,8-11H2,1H3,(H,21,24). The molecule has 2 N–H and O–H groups in total. The fraction of sp³-hybridized carbons (Fsp3) is 0.316. The Labute approximate surface area is 140 Å². The first-order valence-electron chi connectivity index (χ1n) is 8.13. The van der Waals surface area contributed by atoms with E-state index in [1.54, 1.807) is 31.2 Å².